The quantitative estimate of drug-likeness (QED) is 0.466. The van der Waals surface area contributed by atoms with Gasteiger partial charge in [0, 0.05) is 27.7 Å². The minimum atomic E-state index is 0.662. The predicted molar refractivity (Wildman–Crippen MR) is 108 cm³/mol. The van der Waals surface area contributed by atoms with E-state index < -0.39 is 0 Å². The Labute approximate surface area is 166 Å². The number of benzene rings is 2. The van der Waals surface area contributed by atoms with Crippen molar-refractivity contribution in [1.82, 2.24) is 14.8 Å². The van der Waals surface area contributed by atoms with Crippen LogP contribution in [-0.2, 0) is 18.6 Å². The van der Waals surface area contributed by atoms with Gasteiger partial charge in [-0.05, 0) is 36.8 Å². The van der Waals surface area contributed by atoms with Crippen molar-refractivity contribution < 1.29 is 0 Å². The highest BCUT2D eigenvalue weighted by atomic mass is 35.5. The van der Waals surface area contributed by atoms with Crippen molar-refractivity contribution in [2.45, 2.75) is 28.5 Å². The van der Waals surface area contributed by atoms with E-state index in [9.17, 15) is 0 Å². The van der Waals surface area contributed by atoms with Crippen LogP contribution in [0.3, 0.4) is 0 Å². The van der Waals surface area contributed by atoms with E-state index in [-0.39, 0.29) is 0 Å². The molecule has 3 nitrogen and oxygen atoms in total. The largest absolute Gasteiger partial charge is 0.308 e. The van der Waals surface area contributed by atoms with E-state index in [2.05, 4.69) is 41.4 Å². The number of thioether (sulfide) groups is 2. The lowest BCUT2D eigenvalue weighted by Gasteiger charge is -2.07. The van der Waals surface area contributed by atoms with Crippen LogP contribution in [0.25, 0.3) is 0 Å². The highest BCUT2D eigenvalue weighted by molar-refractivity contribution is 7.98. The van der Waals surface area contributed by atoms with E-state index in [4.69, 9.17) is 23.2 Å². The molecule has 1 aromatic heterocycles. The zero-order chi connectivity index (χ0) is 17.8. The van der Waals surface area contributed by atoms with Gasteiger partial charge < -0.3 is 4.57 Å². The second-order valence-electron chi connectivity index (χ2n) is 5.55. The Balaban J connectivity index is 1.64. The first kappa shape index (κ1) is 18.6. The number of halogens is 2. The molecule has 0 unspecified atom stereocenters. The molecule has 1 heterocycles. The molecule has 0 atom stereocenters. The van der Waals surface area contributed by atoms with E-state index in [1.165, 1.54) is 10.5 Å². The van der Waals surface area contributed by atoms with Crippen LogP contribution in [0.4, 0.5) is 0 Å². The minimum absolute atomic E-state index is 0.662. The number of aromatic nitrogens is 3. The van der Waals surface area contributed by atoms with Crippen LogP contribution in [0.2, 0.25) is 10.0 Å². The van der Waals surface area contributed by atoms with E-state index in [1.807, 2.05) is 29.8 Å². The fourth-order valence-electron chi connectivity index (χ4n) is 2.19. The molecule has 3 rings (SSSR count). The first-order valence-electron chi connectivity index (χ1n) is 7.68. The summed E-state index contributed by atoms with van der Waals surface area (Å²) in [6, 6.07) is 14.0. The van der Waals surface area contributed by atoms with Crippen molar-refractivity contribution in [3.8, 4) is 0 Å². The molecule has 0 aliphatic carbocycles. The van der Waals surface area contributed by atoms with Crippen LogP contribution in [0.15, 0.2) is 52.5 Å². The van der Waals surface area contributed by atoms with Crippen LogP contribution >= 0.6 is 46.7 Å². The molecule has 0 saturated carbocycles. The summed E-state index contributed by atoms with van der Waals surface area (Å²) in [6.45, 7) is 2.09. The molecule has 0 N–H and O–H groups in total. The maximum Gasteiger partial charge on any atom is 0.191 e. The summed E-state index contributed by atoms with van der Waals surface area (Å²) in [6.07, 6.45) is 0. The number of aryl methyl sites for hydroxylation is 1. The lowest BCUT2D eigenvalue weighted by atomic mass is 10.2. The Morgan fingerprint density at radius 2 is 1.60 bits per heavy atom. The molecule has 0 spiro atoms. The number of hydrogen-bond donors (Lipinski definition) is 0. The van der Waals surface area contributed by atoms with Crippen LogP contribution in [0.1, 0.15) is 17.0 Å². The summed E-state index contributed by atoms with van der Waals surface area (Å²) >= 11 is 15.8. The van der Waals surface area contributed by atoms with Crippen molar-refractivity contribution in [3.63, 3.8) is 0 Å². The number of hydrogen-bond acceptors (Lipinski definition) is 4. The number of rotatable bonds is 6. The average Bonchev–Trinajstić information content (AvgIpc) is 2.94. The van der Waals surface area contributed by atoms with Gasteiger partial charge in [-0.3, -0.25) is 0 Å². The van der Waals surface area contributed by atoms with E-state index in [1.54, 1.807) is 23.5 Å². The molecule has 7 heteroatoms. The highest BCUT2D eigenvalue weighted by Crippen LogP contribution is 2.31. The van der Waals surface area contributed by atoms with Gasteiger partial charge in [-0.25, -0.2) is 0 Å². The van der Waals surface area contributed by atoms with E-state index >= 15 is 0 Å². The maximum atomic E-state index is 6.23. The first-order chi connectivity index (χ1) is 12.0. The molecule has 3 aromatic rings. The maximum absolute atomic E-state index is 6.23. The minimum Gasteiger partial charge on any atom is -0.308 e. The van der Waals surface area contributed by atoms with Gasteiger partial charge in [-0.15, -0.1) is 22.0 Å². The summed E-state index contributed by atoms with van der Waals surface area (Å²) in [7, 11) is 1.99. The third kappa shape index (κ3) is 4.73. The molecule has 0 bridgehead atoms. The van der Waals surface area contributed by atoms with Gasteiger partial charge in [-0.2, -0.15) is 0 Å². The van der Waals surface area contributed by atoms with Crippen LogP contribution in [-0.4, -0.2) is 14.8 Å². The first-order valence-corrected chi connectivity index (χ1v) is 10.4. The summed E-state index contributed by atoms with van der Waals surface area (Å²) in [5.74, 6) is 2.38. The van der Waals surface area contributed by atoms with Crippen molar-refractivity contribution in [1.29, 1.82) is 0 Å². The molecule has 0 saturated heterocycles. The monoisotopic (exact) mass is 409 g/mol. The van der Waals surface area contributed by atoms with Gasteiger partial charge >= 0.3 is 0 Å². The Morgan fingerprint density at radius 1 is 0.920 bits per heavy atom. The Bertz CT molecular complexity index is 843. The standard InChI is InChI=1S/C18H17Cl2N3S2/c1-12-6-8-13(9-7-12)24-11-17-21-22-18(23(17)2)25-10-14-15(19)4-3-5-16(14)20/h3-9H,10-11H2,1-2H3. The van der Waals surface area contributed by atoms with Crippen LogP contribution in [0, 0.1) is 6.92 Å². The van der Waals surface area contributed by atoms with Crippen LogP contribution in [0.5, 0.6) is 0 Å². The van der Waals surface area contributed by atoms with E-state index in [0.29, 0.717) is 15.8 Å². The van der Waals surface area contributed by atoms with Crippen molar-refractivity contribution in [2.24, 2.45) is 7.05 Å². The summed E-state index contributed by atoms with van der Waals surface area (Å²) in [4.78, 5) is 1.23. The SMILES string of the molecule is Cc1ccc(SCc2nnc(SCc3c(Cl)cccc3Cl)n2C)cc1. The Morgan fingerprint density at radius 3 is 2.28 bits per heavy atom. The molecule has 0 aliphatic rings. The lowest BCUT2D eigenvalue weighted by molar-refractivity contribution is 0.761. The van der Waals surface area contributed by atoms with Crippen molar-refractivity contribution >= 4 is 46.7 Å². The summed E-state index contributed by atoms with van der Waals surface area (Å²) < 4.78 is 2.02. The molecule has 0 amide bonds. The number of nitrogens with zero attached hydrogens (tertiary/aromatic N) is 3. The molecule has 0 fully saturated rings. The second kappa shape index (κ2) is 8.49. The van der Waals surface area contributed by atoms with Gasteiger partial charge in [-0.1, -0.05) is 58.7 Å². The van der Waals surface area contributed by atoms with Crippen LogP contribution < -0.4 is 0 Å². The summed E-state index contributed by atoms with van der Waals surface area (Å²) in [5.41, 5.74) is 2.19. The van der Waals surface area contributed by atoms with E-state index in [0.717, 1.165) is 22.3 Å². The van der Waals surface area contributed by atoms with Crippen molar-refractivity contribution in [3.05, 3.63) is 69.5 Å². The molecule has 130 valence electrons. The highest BCUT2D eigenvalue weighted by Gasteiger charge is 2.12. The molecule has 25 heavy (non-hydrogen) atoms. The van der Waals surface area contributed by atoms with Gasteiger partial charge in [0.25, 0.3) is 0 Å². The topological polar surface area (TPSA) is 30.7 Å². The van der Waals surface area contributed by atoms with Gasteiger partial charge in [0.15, 0.2) is 5.16 Å². The molecule has 0 radical (unpaired) electrons. The molecule has 0 aliphatic heterocycles. The van der Waals surface area contributed by atoms with Gasteiger partial charge in [0.2, 0.25) is 0 Å². The zero-order valence-corrected chi connectivity index (χ0v) is 17.0. The Hall–Kier alpha value is -1.14. The molecular weight excluding hydrogens is 393 g/mol. The Kier molecular flexibility index (Phi) is 6.34. The van der Waals surface area contributed by atoms with Gasteiger partial charge in [0.05, 0.1) is 5.75 Å². The molecule has 2 aromatic carbocycles. The average molecular weight is 410 g/mol. The molecular formula is C18H17Cl2N3S2. The zero-order valence-electron chi connectivity index (χ0n) is 13.9. The van der Waals surface area contributed by atoms with Crippen molar-refractivity contribution in [2.75, 3.05) is 0 Å². The second-order valence-corrected chi connectivity index (χ2v) is 8.35. The third-order valence-corrected chi connectivity index (χ3v) is 6.48. The smallest absolute Gasteiger partial charge is 0.191 e. The van der Waals surface area contributed by atoms with Gasteiger partial charge in [0.1, 0.15) is 5.82 Å². The fourth-order valence-corrected chi connectivity index (χ4v) is 4.73. The predicted octanol–water partition coefficient (Wildman–Crippen LogP) is 6.01. The summed E-state index contributed by atoms with van der Waals surface area (Å²) in [5, 5.41) is 10.8. The third-order valence-electron chi connectivity index (χ3n) is 3.72. The normalized spacial score (nSPS) is 11.0. The lowest BCUT2D eigenvalue weighted by Crippen LogP contribution is -1.98. The fraction of sp³-hybridized carbons (Fsp3) is 0.222.